The molecule has 1 aliphatic carbocycles. The first-order valence-corrected chi connectivity index (χ1v) is 16.2. The van der Waals surface area contributed by atoms with Crippen LogP contribution in [0.15, 0.2) is 90.8 Å². The van der Waals surface area contributed by atoms with Gasteiger partial charge in [-0.3, -0.25) is 15.0 Å². The van der Waals surface area contributed by atoms with E-state index in [-0.39, 0.29) is 24.5 Å². The van der Waals surface area contributed by atoms with Crippen molar-refractivity contribution in [3.8, 4) is 11.5 Å². The first kappa shape index (κ1) is 30.3. The lowest BCUT2D eigenvalue weighted by Crippen LogP contribution is -2.53. The zero-order chi connectivity index (χ0) is 32.7. The van der Waals surface area contributed by atoms with Gasteiger partial charge >= 0.3 is 11.4 Å². The molecule has 236 valence electrons. The van der Waals surface area contributed by atoms with Crippen LogP contribution in [0.4, 0.5) is 5.69 Å². The number of aromatic nitrogens is 3. The quantitative estimate of drug-likeness (QED) is 0.227. The highest BCUT2D eigenvalue weighted by Crippen LogP contribution is 2.63. The lowest BCUT2D eigenvalue weighted by molar-refractivity contribution is -0.138. The number of rotatable bonds is 5. The zero-order valence-corrected chi connectivity index (χ0v) is 28.2. The first-order chi connectivity index (χ1) is 22.0. The van der Waals surface area contributed by atoms with Gasteiger partial charge in [-0.05, 0) is 80.1 Å². The average Bonchev–Trinajstić information content (AvgIpc) is 3.42. The number of hydrazine groups is 1. The van der Waals surface area contributed by atoms with Crippen molar-refractivity contribution in [1.82, 2.24) is 18.9 Å². The van der Waals surface area contributed by atoms with Crippen molar-refractivity contribution in [3.05, 3.63) is 119 Å². The summed E-state index contributed by atoms with van der Waals surface area (Å²) in [5.41, 5.74) is 4.07. The van der Waals surface area contributed by atoms with Crippen LogP contribution in [-0.2, 0) is 28.6 Å². The number of hydrogen-bond acceptors (Lipinski definition) is 7. The van der Waals surface area contributed by atoms with Crippen LogP contribution in [0.2, 0.25) is 0 Å². The van der Waals surface area contributed by atoms with Gasteiger partial charge in [-0.25, -0.2) is 23.5 Å². The van der Waals surface area contributed by atoms with Gasteiger partial charge in [0.25, 0.3) is 11.8 Å². The second-order valence-electron chi connectivity index (χ2n) is 11.8. The maximum atomic E-state index is 15.2. The number of amides is 2. The second kappa shape index (κ2) is 10.9. The molecule has 0 radical (unpaired) electrons. The molecule has 1 saturated carbocycles. The SMILES string of the molecule is COc1cc(C2C3=CCn4c(=O)n(C)c(=O)n4C3CC3C(=O)N(Nc4ccc(C)cc4)C(=O)C32c2ccccc2)c(Br)c(Br)c1O. The minimum absolute atomic E-state index is 0.0885. The number of aryl methyl sites for hydroxylation is 1. The molecule has 4 atom stereocenters. The Kier molecular flexibility index (Phi) is 7.16. The van der Waals surface area contributed by atoms with Crippen LogP contribution in [0.3, 0.4) is 0 Å². The molecule has 11 nitrogen and oxygen atoms in total. The smallest absolute Gasteiger partial charge is 0.347 e. The van der Waals surface area contributed by atoms with Crippen molar-refractivity contribution in [1.29, 1.82) is 0 Å². The number of anilines is 1. The fourth-order valence-electron chi connectivity index (χ4n) is 7.44. The Morgan fingerprint density at radius 1 is 0.978 bits per heavy atom. The molecular weight excluding hydrogens is 722 g/mol. The minimum atomic E-state index is -1.48. The number of carbonyl (C=O) groups is 2. The van der Waals surface area contributed by atoms with Gasteiger partial charge in [0, 0.05) is 17.4 Å². The third kappa shape index (κ3) is 4.07. The third-order valence-electron chi connectivity index (χ3n) is 9.55. The summed E-state index contributed by atoms with van der Waals surface area (Å²) >= 11 is 7.16. The van der Waals surface area contributed by atoms with Crippen LogP contribution < -0.4 is 21.5 Å². The minimum Gasteiger partial charge on any atom is -0.503 e. The van der Waals surface area contributed by atoms with Crippen LogP contribution in [0.5, 0.6) is 11.5 Å². The highest BCUT2D eigenvalue weighted by atomic mass is 79.9. The van der Waals surface area contributed by atoms with E-state index in [1.165, 1.54) is 23.5 Å². The fourth-order valence-corrected chi connectivity index (χ4v) is 8.40. The summed E-state index contributed by atoms with van der Waals surface area (Å²) in [4.78, 5) is 56.4. The Hall–Kier alpha value is -4.36. The van der Waals surface area contributed by atoms with Crippen LogP contribution in [0, 0.1) is 12.8 Å². The zero-order valence-electron chi connectivity index (χ0n) is 25.0. The number of benzene rings is 3. The molecule has 7 rings (SSSR count). The van der Waals surface area contributed by atoms with E-state index in [0.717, 1.165) is 15.1 Å². The topological polar surface area (TPSA) is 128 Å². The summed E-state index contributed by atoms with van der Waals surface area (Å²) in [6.07, 6.45) is 1.97. The third-order valence-corrected chi connectivity index (χ3v) is 11.7. The van der Waals surface area contributed by atoms with Crippen molar-refractivity contribution in [3.63, 3.8) is 0 Å². The number of phenols is 1. The first-order valence-electron chi connectivity index (χ1n) is 14.6. The molecule has 46 heavy (non-hydrogen) atoms. The predicted molar refractivity (Wildman–Crippen MR) is 177 cm³/mol. The molecule has 0 bridgehead atoms. The summed E-state index contributed by atoms with van der Waals surface area (Å²) in [5, 5.41) is 12.0. The van der Waals surface area contributed by atoms with Crippen molar-refractivity contribution < 1.29 is 19.4 Å². The number of imide groups is 1. The van der Waals surface area contributed by atoms with Crippen LogP contribution in [-0.4, -0.2) is 43.0 Å². The van der Waals surface area contributed by atoms with Crippen LogP contribution in [0.1, 0.15) is 35.1 Å². The number of halogens is 2. The highest BCUT2D eigenvalue weighted by molar-refractivity contribution is 9.13. The molecule has 1 saturated heterocycles. The number of fused-ring (bicyclic) bond motifs is 4. The number of allylic oxidation sites excluding steroid dienone is 2. The summed E-state index contributed by atoms with van der Waals surface area (Å²) in [6.45, 7) is 2.04. The molecule has 4 unspecified atom stereocenters. The molecule has 13 heteroatoms. The Morgan fingerprint density at radius 3 is 2.35 bits per heavy atom. The van der Waals surface area contributed by atoms with Gasteiger partial charge in [-0.1, -0.05) is 54.1 Å². The van der Waals surface area contributed by atoms with Gasteiger partial charge < -0.3 is 9.84 Å². The van der Waals surface area contributed by atoms with Crippen molar-refractivity contribution in [2.24, 2.45) is 13.0 Å². The number of aromatic hydroxyl groups is 1. The van der Waals surface area contributed by atoms with Gasteiger partial charge in [0.2, 0.25) is 0 Å². The summed E-state index contributed by atoms with van der Waals surface area (Å²) in [5.74, 6) is -2.69. The molecule has 2 fully saturated rings. The largest absolute Gasteiger partial charge is 0.503 e. The van der Waals surface area contributed by atoms with E-state index >= 15 is 4.79 Å². The summed E-state index contributed by atoms with van der Waals surface area (Å²) in [7, 11) is 2.85. The number of carbonyl (C=O) groups excluding carboxylic acids is 2. The molecule has 1 aromatic heterocycles. The number of nitrogens with zero attached hydrogens (tertiary/aromatic N) is 4. The van der Waals surface area contributed by atoms with Gasteiger partial charge in [-0.2, -0.15) is 5.01 Å². The molecule has 2 aliphatic heterocycles. The predicted octanol–water partition coefficient (Wildman–Crippen LogP) is 4.51. The Bertz CT molecular complexity index is 2080. The number of methoxy groups -OCH3 is 1. The Labute approximate surface area is 279 Å². The molecule has 2 N–H and O–H groups in total. The monoisotopic (exact) mass is 749 g/mol. The van der Waals surface area contributed by atoms with Gasteiger partial charge in [0.05, 0.1) is 41.2 Å². The van der Waals surface area contributed by atoms with Gasteiger partial charge in [0.1, 0.15) is 0 Å². The van der Waals surface area contributed by atoms with E-state index in [0.29, 0.717) is 31.3 Å². The Morgan fingerprint density at radius 2 is 1.67 bits per heavy atom. The van der Waals surface area contributed by atoms with E-state index in [2.05, 4.69) is 37.3 Å². The number of ether oxygens (including phenoxy) is 1. The fraction of sp³-hybridized carbons (Fsp3) is 0.273. The van der Waals surface area contributed by atoms with E-state index in [4.69, 9.17) is 4.74 Å². The lowest BCUT2D eigenvalue weighted by atomic mass is 9.53. The molecule has 3 heterocycles. The second-order valence-corrected chi connectivity index (χ2v) is 13.4. The van der Waals surface area contributed by atoms with Gasteiger partial charge in [0.15, 0.2) is 11.5 Å². The van der Waals surface area contributed by atoms with Crippen molar-refractivity contribution in [2.45, 2.75) is 37.3 Å². The summed E-state index contributed by atoms with van der Waals surface area (Å²) < 4.78 is 10.1. The number of nitrogens with one attached hydrogen (secondary N) is 1. The van der Waals surface area contributed by atoms with Crippen LogP contribution >= 0.6 is 31.9 Å². The van der Waals surface area contributed by atoms with E-state index < -0.39 is 46.5 Å². The van der Waals surface area contributed by atoms with Crippen molar-refractivity contribution in [2.75, 3.05) is 12.5 Å². The normalized spacial score (nSPS) is 23.5. The molecule has 3 aromatic carbocycles. The maximum Gasteiger partial charge on any atom is 0.347 e. The highest BCUT2D eigenvalue weighted by Gasteiger charge is 2.69. The van der Waals surface area contributed by atoms with Crippen molar-refractivity contribution >= 4 is 49.4 Å². The molecule has 4 aromatic rings. The molecular formula is C33H29Br2N5O6. The van der Waals surface area contributed by atoms with E-state index in [1.54, 1.807) is 18.2 Å². The molecule has 2 amide bonds. The standard InChI is InChI=1S/C33H29Br2N5O6/c1-17-9-11-19(12-10-17)36-39-29(42)22-16-23-20(13-14-38-31(44)37(2)32(45)40(23)38)25(21-15-24(46-3)28(41)27(35)26(21)34)33(22,30(39)43)18-7-5-4-6-8-18/h4-13,15,22-23,25,36,41H,14,16H2,1-3H3. The molecule has 3 aliphatic rings. The average molecular weight is 751 g/mol. The van der Waals surface area contributed by atoms with Crippen LogP contribution in [0.25, 0.3) is 0 Å². The van der Waals surface area contributed by atoms with E-state index in [9.17, 15) is 19.5 Å². The Balaban J connectivity index is 1.55. The maximum absolute atomic E-state index is 15.2. The van der Waals surface area contributed by atoms with Gasteiger partial charge in [-0.15, -0.1) is 0 Å². The number of phenolic OH excluding ortho intramolecular Hbond substituents is 1. The lowest BCUT2D eigenvalue weighted by Gasteiger charge is -2.49. The molecule has 0 spiro atoms. The summed E-state index contributed by atoms with van der Waals surface area (Å²) in [6, 6.07) is 17.5. The number of hydrogen-bond donors (Lipinski definition) is 2. The van der Waals surface area contributed by atoms with E-state index in [1.807, 2.05) is 55.5 Å².